The largest absolute Gasteiger partial charge is 0.478 e. The van der Waals surface area contributed by atoms with Gasteiger partial charge in [-0.1, -0.05) is 11.6 Å². The summed E-state index contributed by atoms with van der Waals surface area (Å²) >= 11 is 5.62. The first-order valence-electron chi connectivity index (χ1n) is 6.79. The van der Waals surface area contributed by atoms with E-state index >= 15 is 0 Å². The van der Waals surface area contributed by atoms with Gasteiger partial charge in [0.15, 0.2) is 5.82 Å². The fraction of sp³-hybridized carbons (Fsp3) is 0.176. The van der Waals surface area contributed by atoms with Crippen molar-refractivity contribution < 1.29 is 23.8 Å². The number of rotatable bonds is 5. The molecule has 7 heteroatoms. The van der Waals surface area contributed by atoms with Crippen molar-refractivity contribution in [2.45, 2.75) is 19.4 Å². The van der Waals surface area contributed by atoms with Crippen molar-refractivity contribution in [2.75, 3.05) is 0 Å². The predicted octanol–water partition coefficient (Wildman–Crippen LogP) is 3.91. The van der Waals surface area contributed by atoms with Crippen molar-refractivity contribution in [3.63, 3.8) is 0 Å². The first kappa shape index (κ1) is 17.6. The van der Waals surface area contributed by atoms with E-state index in [2.05, 4.69) is 16.8 Å². The number of halogens is 2. The van der Waals surface area contributed by atoms with Crippen LogP contribution in [0.5, 0.6) is 17.4 Å². The number of aromatic nitrogens is 1. The maximum atomic E-state index is 13.6. The van der Waals surface area contributed by atoms with Gasteiger partial charge in [0.25, 0.3) is 11.5 Å². The average molecular weight is 350 g/mol. The minimum absolute atomic E-state index is 0.161. The van der Waals surface area contributed by atoms with Gasteiger partial charge in [0.05, 0.1) is 5.02 Å². The smallest absolute Gasteiger partial charge is 0.360 e. The van der Waals surface area contributed by atoms with Crippen LogP contribution in [0.15, 0.2) is 36.5 Å². The van der Waals surface area contributed by atoms with Gasteiger partial charge >= 0.3 is 5.97 Å². The highest BCUT2D eigenvalue weighted by molar-refractivity contribution is 6.30. The normalized spacial score (nSPS) is 12.5. The quantitative estimate of drug-likeness (QED) is 0.829. The van der Waals surface area contributed by atoms with Crippen molar-refractivity contribution in [3.8, 4) is 29.2 Å². The molecule has 1 heterocycles. The van der Waals surface area contributed by atoms with Gasteiger partial charge in [0, 0.05) is 6.20 Å². The summed E-state index contributed by atoms with van der Waals surface area (Å²) in [5.74, 6) is 3.48. The van der Waals surface area contributed by atoms with Crippen LogP contribution in [-0.4, -0.2) is 21.7 Å². The molecule has 0 saturated heterocycles. The fourth-order valence-electron chi connectivity index (χ4n) is 1.76. The van der Waals surface area contributed by atoms with Crippen LogP contribution in [0.3, 0.4) is 0 Å². The minimum Gasteiger partial charge on any atom is -0.478 e. The maximum Gasteiger partial charge on any atom is 0.360 e. The molecule has 0 bridgehead atoms. The molecule has 0 aliphatic rings. The monoisotopic (exact) mass is 349 g/mol. The van der Waals surface area contributed by atoms with Crippen LogP contribution < -0.4 is 9.47 Å². The SMILES string of the molecule is CC#C[C@@](C)(Oc1ccc(Oc2ncc(Cl)cc2F)cc1)C(=O)O. The third-order valence-corrected chi connectivity index (χ3v) is 3.11. The van der Waals surface area contributed by atoms with Gasteiger partial charge < -0.3 is 14.6 Å². The highest BCUT2D eigenvalue weighted by atomic mass is 35.5. The Morgan fingerprint density at radius 2 is 1.96 bits per heavy atom. The predicted molar refractivity (Wildman–Crippen MR) is 85.8 cm³/mol. The minimum atomic E-state index is -1.67. The Morgan fingerprint density at radius 3 is 2.50 bits per heavy atom. The Morgan fingerprint density at radius 1 is 1.33 bits per heavy atom. The second-order valence-electron chi connectivity index (χ2n) is 4.83. The molecule has 0 aliphatic heterocycles. The molecule has 0 spiro atoms. The molecule has 24 heavy (non-hydrogen) atoms. The lowest BCUT2D eigenvalue weighted by Gasteiger charge is -2.20. The molecule has 124 valence electrons. The number of benzene rings is 1. The number of hydrogen-bond donors (Lipinski definition) is 1. The highest BCUT2D eigenvalue weighted by Crippen LogP contribution is 2.27. The van der Waals surface area contributed by atoms with E-state index in [0.717, 1.165) is 6.07 Å². The number of pyridine rings is 1. The summed E-state index contributed by atoms with van der Waals surface area (Å²) < 4.78 is 24.3. The topological polar surface area (TPSA) is 68.7 Å². The lowest BCUT2D eigenvalue weighted by atomic mass is 10.1. The van der Waals surface area contributed by atoms with Crippen molar-refractivity contribution in [1.82, 2.24) is 4.98 Å². The second kappa shape index (κ2) is 7.20. The van der Waals surface area contributed by atoms with Gasteiger partial charge in [0.1, 0.15) is 11.5 Å². The summed E-state index contributed by atoms with van der Waals surface area (Å²) in [7, 11) is 0. The number of carboxylic acid groups (broad SMARTS) is 1. The standard InChI is InChI=1S/C17H13ClFNO4/c1-3-8-17(2,16(21)22)24-13-6-4-12(5-7-13)23-15-14(19)9-11(18)10-20-15/h4-7,9-10H,1-2H3,(H,21,22)/t17-/m1/s1. The number of ether oxygens (including phenoxy) is 2. The Bertz CT molecular complexity index is 814. The molecular weight excluding hydrogens is 337 g/mol. The van der Waals surface area contributed by atoms with Gasteiger partial charge in [-0.25, -0.2) is 14.2 Å². The zero-order valence-corrected chi connectivity index (χ0v) is 13.6. The molecule has 1 N–H and O–H groups in total. The van der Waals surface area contributed by atoms with Gasteiger partial charge in [-0.3, -0.25) is 0 Å². The molecule has 0 fully saturated rings. The first-order valence-corrected chi connectivity index (χ1v) is 7.17. The molecular formula is C17H13ClFNO4. The summed E-state index contributed by atoms with van der Waals surface area (Å²) in [5, 5.41) is 9.38. The van der Waals surface area contributed by atoms with Gasteiger partial charge in [-0.2, -0.15) is 0 Å². The van der Waals surface area contributed by atoms with Crippen LogP contribution in [0.25, 0.3) is 0 Å². The highest BCUT2D eigenvalue weighted by Gasteiger charge is 2.33. The van der Waals surface area contributed by atoms with Gasteiger partial charge in [0.2, 0.25) is 0 Å². The van der Waals surface area contributed by atoms with E-state index in [0.29, 0.717) is 5.75 Å². The Hall–Kier alpha value is -2.78. The Balaban J connectivity index is 2.15. The van der Waals surface area contributed by atoms with Crippen molar-refractivity contribution >= 4 is 17.6 Å². The van der Waals surface area contributed by atoms with E-state index in [-0.39, 0.29) is 16.7 Å². The van der Waals surface area contributed by atoms with Crippen molar-refractivity contribution in [2.24, 2.45) is 0 Å². The molecule has 0 saturated carbocycles. The fourth-order valence-corrected chi connectivity index (χ4v) is 1.91. The lowest BCUT2D eigenvalue weighted by molar-refractivity contribution is -0.149. The molecule has 1 atom stereocenters. The molecule has 1 aromatic carbocycles. The molecule has 5 nitrogen and oxygen atoms in total. The van der Waals surface area contributed by atoms with E-state index in [1.165, 1.54) is 44.3 Å². The van der Waals surface area contributed by atoms with E-state index in [1.54, 1.807) is 0 Å². The first-order chi connectivity index (χ1) is 11.3. The molecule has 0 amide bonds. The summed E-state index contributed by atoms with van der Waals surface area (Å²) in [6, 6.07) is 7.05. The van der Waals surface area contributed by atoms with Crippen LogP contribution >= 0.6 is 11.6 Å². The number of hydrogen-bond acceptors (Lipinski definition) is 4. The van der Waals surface area contributed by atoms with Crippen molar-refractivity contribution in [1.29, 1.82) is 0 Å². The van der Waals surface area contributed by atoms with E-state index < -0.39 is 17.4 Å². The van der Waals surface area contributed by atoms with Crippen LogP contribution in [0.1, 0.15) is 13.8 Å². The third-order valence-electron chi connectivity index (χ3n) is 2.91. The number of aliphatic carboxylic acids is 1. The Kier molecular flexibility index (Phi) is 5.27. The number of carboxylic acids is 1. The summed E-state index contributed by atoms with van der Waals surface area (Å²) in [5.41, 5.74) is -1.67. The molecule has 2 rings (SSSR count). The average Bonchev–Trinajstić information content (AvgIpc) is 2.52. The zero-order chi connectivity index (χ0) is 17.7. The van der Waals surface area contributed by atoms with Gasteiger partial charge in [-0.05, 0) is 50.1 Å². The van der Waals surface area contributed by atoms with Crippen LogP contribution in [0.4, 0.5) is 4.39 Å². The summed E-state index contributed by atoms with van der Waals surface area (Å²) in [6.07, 6.45) is 1.26. The van der Waals surface area contributed by atoms with Crippen LogP contribution in [0, 0.1) is 17.7 Å². The van der Waals surface area contributed by atoms with Gasteiger partial charge in [-0.15, -0.1) is 5.92 Å². The molecule has 0 radical (unpaired) electrons. The van der Waals surface area contributed by atoms with E-state index in [1.807, 2.05) is 0 Å². The van der Waals surface area contributed by atoms with Crippen LogP contribution in [-0.2, 0) is 4.79 Å². The molecule has 0 aliphatic carbocycles. The third kappa shape index (κ3) is 4.15. The lowest BCUT2D eigenvalue weighted by Crippen LogP contribution is -2.39. The number of nitrogens with zero attached hydrogens (tertiary/aromatic N) is 1. The Labute approximate surface area is 143 Å². The molecule has 0 unspecified atom stereocenters. The van der Waals surface area contributed by atoms with Crippen molar-refractivity contribution in [3.05, 3.63) is 47.4 Å². The molecule has 2 aromatic rings. The maximum absolute atomic E-state index is 13.6. The van der Waals surface area contributed by atoms with Crippen LogP contribution in [0.2, 0.25) is 5.02 Å². The molecule has 1 aromatic heterocycles. The number of carbonyl (C=O) groups is 1. The van der Waals surface area contributed by atoms with E-state index in [4.69, 9.17) is 21.1 Å². The summed E-state index contributed by atoms with van der Waals surface area (Å²) in [4.78, 5) is 15.0. The van der Waals surface area contributed by atoms with E-state index in [9.17, 15) is 14.3 Å². The summed E-state index contributed by atoms with van der Waals surface area (Å²) in [6.45, 7) is 2.87. The second-order valence-corrected chi connectivity index (χ2v) is 5.27. The zero-order valence-electron chi connectivity index (χ0n) is 12.8.